The van der Waals surface area contributed by atoms with Gasteiger partial charge in [0, 0.05) is 18.3 Å². The summed E-state index contributed by atoms with van der Waals surface area (Å²) in [4.78, 5) is 10.5. The molecule has 0 unspecified atom stereocenters. The van der Waals surface area contributed by atoms with Gasteiger partial charge in [0.1, 0.15) is 0 Å². The minimum atomic E-state index is 0.715. The highest BCUT2D eigenvalue weighted by Crippen LogP contribution is 2.13. The van der Waals surface area contributed by atoms with Gasteiger partial charge in [-0.2, -0.15) is 0 Å². The number of rotatable bonds is 2. The van der Waals surface area contributed by atoms with Gasteiger partial charge >= 0.3 is 0 Å². The quantitative estimate of drug-likeness (QED) is 0.650. The Labute approximate surface area is 66.2 Å². The smallest absolute Gasteiger partial charge is 0.152 e. The first kappa shape index (κ1) is 7.79. The van der Waals surface area contributed by atoms with E-state index in [4.69, 9.17) is 0 Å². The molecule has 0 saturated heterocycles. The molecule has 0 aliphatic rings. The number of carbonyl (C=O) groups is 1. The van der Waals surface area contributed by atoms with Gasteiger partial charge < -0.3 is 5.32 Å². The van der Waals surface area contributed by atoms with Crippen molar-refractivity contribution in [2.75, 3.05) is 12.4 Å². The number of nitrogens with one attached hydrogen (secondary N) is 1. The maximum Gasteiger partial charge on any atom is 0.152 e. The molecule has 0 spiro atoms. The van der Waals surface area contributed by atoms with E-state index in [1.165, 1.54) is 0 Å². The molecule has 0 bridgehead atoms. The number of aldehydes is 1. The summed E-state index contributed by atoms with van der Waals surface area (Å²) in [5.74, 6) is 0. The molecule has 0 saturated carbocycles. The van der Waals surface area contributed by atoms with Crippen LogP contribution in [0.5, 0.6) is 0 Å². The van der Waals surface area contributed by atoms with Crippen molar-refractivity contribution in [1.82, 2.24) is 0 Å². The SMILES string of the molecule is CNc1ccc(C)cc1C=O. The zero-order chi connectivity index (χ0) is 8.27. The van der Waals surface area contributed by atoms with E-state index in [9.17, 15) is 4.79 Å². The monoisotopic (exact) mass is 149 g/mol. The Morgan fingerprint density at radius 2 is 2.18 bits per heavy atom. The van der Waals surface area contributed by atoms with Crippen LogP contribution in [0, 0.1) is 6.92 Å². The third kappa shape index (κ3) is 1.58. The Hall–Kier alpha value is -1.31. The molecule has 2 heteroatoms. The summed E-state index contributed by atoms with van der Waals surface area (Å²) in [6, 6.07) is 5.73. The molecule has 0 amide bonds. The van der Waals surface area contributed by atoms with E-state index in [0.29, 0.717) is 5.56 Å². The lowest BCUT2D eigenvalue weighted by atomic mass is 10.1. The zero-order valence-corrected chi connectivity index (χ0v) is 6.72. The summed E-state index contributed by atoms with van der Waals surface area (Å²) < 4.78 is 0. The standard InChI is InChI=1S/C9H11NO/c1-7-3-4-9(10-2)8(5-7)6-11/h3-6,10H,1-2H3. The summed E-state index contributed by atoms with van der Waals surface area (Å²) in [6.07, 6.45) is 0.860. The molecule has 0 fully saturated rings. The highest BCUT2D eigenvalue weighted by atomic mass is 16.1. The fourth-order valence-electron chi connectivity index (χ4n) is 1.01. The first-order chi connectivity index (χ1) is 5.27. The topological polar surface area (TPSA) is 29.1 Å². The van der Waals surface area contributed by atoms with E-state index in [-0.39, 0.29) is 0 Å². The summed E-state index contributed by atoms with van der Waals surface area (Å²) in [7, 11) is 1.80. The molecule has 1 N–H and O–H groups in total. The average Bonchev–Trinajstić information content (AvgIpc) is 2.04. The van der Waals surface area contributed by atoms with Crippen molar-refractivity contribution in [3.63, 3.8) is 0 Å². The minimum absolute atomic E-state index is 0.715. The van der Waals surface area contributed by atoms with E-state index in [0.717, 1.165) is 17.5 Å². The molecule has 0 heterocycles. The molecular weight excluding hydrogens is 138 g/mol. The van der Waals surface area contributed by atoms with Crippen LogP contribution < -0.4 is 5.32 Å². The first-order valence-electron chi connectivity index (χ1n) is 3.51. The van der Waals surface area contributed by atoms with Crippen LogP contribution in [0.3, 0.4) is 0 Å². The van der Waals surface area contributed by atoms with Crippen LogP contribution in [-0.4, -0.2) is 13.3 Å². The molecule has 0 aliphatic heterocycles. The van der Waals surface area contributed by atoms with Crippen molar-refractivity contribution in [3.05, 3.63) is 29.3 Å². The van der Waals surface area contributed by atoms with Crippen LogP contribution in [0.4, 0.5) is 5.69 Å². The predicted octanol–water partition coefficient (Wildman–Crippen LogP) is 1.85. The largest absolute Gasteiger partial charge is 0.388 e. The van der Waals surface area contributed by atoms with Crippen LogP contribution >= 0.6 is 0 Å². The van der Waals surface area contributed by atoms with Gasteiger partial charge in [0.05, 0.1) is 0 Å². The van der Waals surface area contributed by atoms with E-state index in [1.807, 2.05) is 25.1 Å². The van der Waals surface area contributed by atoms with E-state index in [1.54, 1.807) is 7.05 Å². The molecule has 0 aliphatic carbocycles. The Balaban J connectivity index is 3.16. The maximum atomic E-state index is 10.5. The Bertz CT molecular complexity index is 268. The molecule has 2 nitrogen and oxygen atoms in total. The molecule has 1 rings (SSSR count). The van der Waals surface area contributed by atoms with Crippen molar-refractivity contribution in [3.8, 4) is 0 Å². The fraction of sp³-hybridized carbons (Fsp3) is 0.222. The summed E-state index contributed by atoms with van der Waals surface area (Å²) in [5.41, 5.74) is 2.70. The lowest BCUT2D eigenvalue weighted by Crippen LogP contribution is -1.94. The van der Waals surface area contributed by atoms with Gasteiger partial charge in [-0.15, -0.1) is 0 Å². The zero-order valence-electron chi connectivity index (χ0n) is 6.72. The van der Waals surface area contributed by atoms with Gasteiger partial charge in [-0.05, 0) is 19.1 Å². The Morgan fingerprint density at radius 3 is 2.73 bits per heavy atom. The summed E-state index contributed by atoms with van der Waals surface area (Å²) >= 11 is 0. The molecule has 11 heavy (non-hydrogen) atoms. The van der Waals surface area contributed by atoms with Gasteiger partial charge in [-0.25, -0.2) is 0 Å². The molecule has 58 valence electrons. The van der Waals surface area contributed by atoms with E-state index < -0.39 is 0 Å². The number of anilines is 1. The van der Waals surface area contributed by atoms with Crippen LogP contribution in [-0.2, 0) is 0 Å². The highest BCUT2D eigenvalue weighted by molar-refractivity contribution is 5.84. The number of benzene rings is 1. The third-order valence-electron chi connectivity index (χ3n) is 1.60. The number of hydrogen-bond acceptors (Lipinski definition) is 2. The van der Waals surface area contributed by atoms with E-state index in [2.05, 4.69) is 5.32 Å². The summed E-state index contributed by atoms with van der Waals surface area (Å²) in [5, 5.41) is 2.94. The predicted molar refractivity (Wildman–Crippen MR) is 46.1 cm³/mol. The van der Waals surface area contributed by atoms with Crippen LogP contribution in [0.2, 0.25) is 0 Å². The third-order valence-corrected chi connectivity index (χ3v) is 1.60. The number of aryl methyl sites for hydroxylation is 1. The second kappa shape index (κ2) is 3.19. The molecule has 0 radical (unpaired) electrons. The van der Waals surface area contributed by atoms with E-state index >= 15 is 0 Å². The second-order valence-corrected chi connectivity index (χ2v) is 2.46. The lowest BCUT2D eigenvalue weighted by Gasteiger charge is -2.03. The fourth-order valence-corrected chi connectivity index (χ4v) is 1.01. The maximum absolute atomic E-state index is 10.5. The minimum Gasteiger partial charge on any atom is -0.388 e. The molecule has 1 aromatic rings. The molecule has 0 aromatic heterocycles. The average molecular weight is 149 g/mol. The Morgan fingerprint density at radius 1 is 1.45 bits per heavy atom. The van der Waals surface area contributed by atoms with Crippen molar-refractivity contribution < 1.29 is 4.79 Å². The number of carbonyl (C=O) groups excluding carboxylic acids is 1. The van der Waals surface area contributed by atoms with Gasteiger partial charge in [-0.1, -0.05) is 11.6 Å². The first-order valence-corrected chi connectivity index (χ1v) is 3.51. The second-order valence-electron chi connectivity index (χ2n) is 2.46. The van der Waals surface area contributed by atoms with Crippen molar-refractivity contribution >= 4 is 12.0 Å². The highest BCUT2D eigenvalue weighted by Gasteiger charge is 1.97. The molecule has 0 atom stereocenters. The summed E-state index contributed by atoms with van der Waals surface area (Å²) in [6.45, 7) is 1.96. The molecule has 1 aromatic carbocycles. The van der Waals surface area contributed by atoms with Crippen molar-refractivity contribution in [1.29, 1.82) is 0 Å². The number of hydrogen-bond donors (Lipinski definition) is 1. The van der Waals surface area contributed by atoms with Crippen LogP contribution in [0.15, 0.2) is 18.2 Å². The van der Waals surface area contributed by atoms with Crippen molar-refractivity contribution in [2.45, 2.75) is 6.92 Å². The lowest BCUT2D eigenvalue weighted by molar-refractivity contribution is 0.112. The van der Waals surface area contributed by atoms with Gasteiger partial charge in [0.2, 0.25) is 0 Å². The van der Waals surface area contributed by atoms with Crippen LogP contribution in [0.1, 0.15) is 15.9 Å². The van der Waals surface area contributed by atoms with Gasteiger partial charge in [0.25, 0.3) is 0 Å². The molecular formula is C9H11NO. The van der Waals surface area contributed by atoms with Gasteiger partial charge in [0.15, 0.2) is 6.29 Å². The normalized spacial score (nSPS) is 9.27. The Kier molecular flexibility index (Phi) is 2.26. The van der Waals surface area contributed by atoms with Crippen LogP contribution in [0.25, 0.3) is 0 Å². The van der Waals surface area contributed by atoms with Crippen molar-refractivity contribution in [2.24, 2.45) is 0 Å². The van der Waals surface area contributed by atoms with Gasteiger partial charge in [-0.3, -0.25) is 4.79 Å².